The minimum Gasteiger partial charge on any atom is -0.356 e. The van der Waals surface area contributed by atoms with E-state index in [4.69, 9.17) is 0 Å². The Balaban J connectivity index is 1.59. The third-order valence-corrected chi connectivity index (χ3v) is 4.87. The van der Waals surface area contributed by atoms with Gasteiger partial charge in [-0.1, -0.05) is 6.92 Å². The lowest BCUT2D eigenvalue weighted by atomic mass is 10.1. The Labute approximate surface area is 137 Å². The van der Waals surface area contributed by atoms with Crippen LogP contribution in [-0.4, -0.2) is 60.2 Å². The maximum Gasteiger partial charge on any atom is 0.293 e. The van der Waals surface area contributed by atoms with Crippen molar-refractivity contribution in [1.29, 1.82) is 0 Å². The molecule has 0 spiro atoms. The summed E-state index contributed by atoms with van der Waals surface area (Å²) in [6.45, 7) is 6.55. The van der Waals surface area contributed by atoms with Crippen molar-refractivity contribution >= 4 is 11.8 Å². The molecule has 2 aliphatic rings. The highest BCUT2D eigenvalue weighted by Crippen LogP contribution is 2.44. The Morgan fingerprint density at radius 1 is 1.35 bits per heavy atom. The van der Waals surface area contributed by atoms with Gasteiger partial charge in [-0.05, 0) is 18.3 Å². The highest BCUT2D eigenvalue weighted by atomic mass is 16.1. The number of aromatic nitrogens is 2. The lowest BCUT2D eigenvalue weighted by molar-refractivity contribution is 0.366. The molecule has 1 saturated carbocycles. The van der Waals surface area contributed by atoms with Crippen LogP contribution >= 0.6 is 0 Å². The smallest absolute Gasteiger partial charge is 0.293 e. The van der Waals surface area contributed by atoms with Gasteiger partial charge in [-0.3, -0.25) is 9.79 Å². The number of guanidine groups is 1. The first kappa shape index (κ1) is 15.8. The maximum atomic E-state index is 12.2. The van der Waals surface area contributed by atoms with Gasteiger partial charge in [-0.25, -0.2) is 4.98 Å². The standard InChI is InChI=1S/C16H26N6O/c1-16(4-5-16)12-19-15(17-2)22-10-8-21(9-11-22)13-14(23)20(3)7-6-18-13/h6-7H,4-5,8-12H2,1-3H3,(H,17,19). The van der Waals surface area contributed by atoms with E-state index in [2.05, 4.69) is 32.0 Å². The van der Waals surface area contributed by atoms with E-state index in [1.807, 2.05) is 7.05 Å². The third kappa shape index (κ3) is 3.48. The van der Waals surface area contributed by atoms with Gasteiger partial charge >= 0.3 is 0 Å². The molecule has 1 aromatic rings. The molecule has 126 valence electrons. The lowest BCUT2D eigenvalue weighted by Gasteiger charge is -2.37. The van der Waals surface area contributed by atoms with Gasteiger partial charge in [0.05, 0.1) is 0 Å². The van der Waals surface area contributed by atoms with Crippen molar-refractivity contribution in [2.45, 2.75) is 19.8 Å². The summed E-state index contributed by atoms with van der Waals surface area (Å²) in [5.74, 6) is 1.51. The van der Waals surface area contributed by atoms with Crippen LogP contribution in [0.15, 0.2) is 22.2 Å². The number of aryl methyl sites for hydroxylation is 1. The van der Waals surface area contributed by atoms with E-state index >= 15 is 0 Å². The minimum absolute atomic E-state index is 0.0369. The van der Waals surface area contributed by atoms with Crippen molar-refractivity contribution < 1.29 is 0 Å². The van der Waals surface area contributed by atoms with Gasteiger partial charge in [-0.2, -0.15) is 0 Å². The van der Waals surface area contributed by atoms with Gasteiger partial charge < -0.3 is 19.7 Å². The molecule has 0 radical (unpaired) electrons. The van der Waals surface area contributed by atoms with Crippen LogP contribution in [0.2, 0.25) is 0 Å². The number of rotatable bonds is 3. The summed E-state index contributed by atoms with van der Waals surface area (Å²) in [6.07, 6.45) is 5.97. The molecule has 1 aliphatic heterocycles. The number of hydrogen-bond donors (Lipinski definition) is 1. The monoisotopic (exact) mass is 318 g/mol. The number of hydrogen-bond acceptors (Lipinski definition) is 4. The molecular formula is C16H26N6O. The van der Waals surface area contributed by atoms with Gasteiger partial charge in [-0.15, -0.1) is 0 Å². The second kappa shape index (κ2) is 6.22. The average molecular weight is 318 g/mol. The summed E-state index contributed by atoms with van der Waals surface area (Å²) in [5.41, 5.74) is 0.419. The Morgan fingerprint density at radius 3 is 2.65 bits per heavy atom. The molecule has 7 nitrogen and oxygen atoms in total. The van der Waals surface area contributed by atoms with Crippen LogP contribution in [0, 0.1) is 5.41 Å². The van der Waals surface area contributed by atoms with Crippen molar-refractivity contribution in [2.24, 2.45) is 17.5 Å². The molecule has 1 saturated heterocycles. The van der Waals surface area contributed by atoms with Gasteiger partial charge in [0.25, 0.3) is 5.56 Å². The van der Waals surface area contributed by atoms with E-state index in [0.717, 1.165) is 38.7 Å². The zero-order valence-electron chi connectivity index (χ0n) is 14.2. The normalized spacial score (nSPS) is 20.6. The molecular weight excluding hydrogens is 292 g/mol. The van der Waals surface area contributed by atoms with Gasteiger partial charge in [0.15, 0.2) is 11.8 Å². The molecule has 3 rings (SSSR count). The zero-order chi connectivity index (χ0) is 16.4. The summed E-state index contributed by atoms with van der Waals surface area (Å²) in [5, 5.41) is 3.49. The van der Waals surface area contributed by atoms with Crippen LogP contribution in [0.5, 0.6) is 0 Å². The van der Waals surface area contributed by atoms with Gasteiger partial charge in [0.1, 0.15) is 0 Å². The highest BCUT2D eigenvalue weighted by molar-refractivity contribution is 5.80. The second-order valence-corrected chi connectivity index (χ2v) is 6.85. The first-order valence-electron chi connectivity index (χ1n) is 8.25. The van der Waals surface area contributed by atoms with E-state index in [-0.39, 0.29) is 5.56 Å². The van der Waals surface area contributed by atoms with Crippen LogP contribution in [0.25, 0.3) is 0 Å². The second-order valence-electron chi connectivity index (χ2n) is 6.85. The molecule has 0 aromatic carbocycles. The summed E-state index contributed by atoms with van der Waals surface area (Å²) in [7, 11) is 3.59. The fourth-order valence-corrected chi connectivity index (χ4v) is 2.85. The molecule has 23 heavy (non-hydrogen) atoms. The first-order valence-corrected chi connectivity index (χ1v) is 8.25. The Bertz CT molecular complexity index is 640. The fraction of sp³-hybridized carbons (Fsp3) is 0.688. The molecule has 0 amide bonds. The number of anilines is 1. The summed E-state index contributed by atoms with van der Waals surface area (Å²) < 4.78 is 1.57. The fourth-order valence-electron chi connectivity index (χ4n) is 2.85. The van der Waals surface area contributed by atoms with Crippen LogP contribution in [0.3, 0.4) is 0 Å². The lowest BCUT2D eigenvalue weighted by Crippen LogP contribution is -2.54. The average Bonchev–Trinajstić information content (AvgIpc) is 3.29. The number of piperazine rings is 1. The van der Waals surface area contributed by atoms with Crippen LogP contribution < -0.4 is 15.8 Å². The van der Waals surface area contributed by atoms with Gasteiger partial charge in [0.2, 0.25) is 0 Å². The molecule has 1 N–H and O–H groups in total. The molecule has 7 heteroatoms. The molecule has 1 aliphatic carbocycles. The topological polar surface area (TPSA) is 65.8 Å². The maximum absolute atomic E-state index is 12.2. The van der Waals surface area contributed by atoms with Gasteiger partial charge in [0, 0.05) is 59.2 Å². The SMILES string of the molecule is CN=C(NCC1(C)CC1)N1CCN(c2nccn(C)c2=O)CC1. The number of nitrogens with zero attached hydrogens (tertiary/aromatic N) is 5. The quantitative estimate of drug-likeness (QED) is 0.640. The minimum atomic E-state index is -0.0369. The van der Waals surface area contributed by atoms with E-state index in [1.165, 1.54) is 12.8 Å². The molecule has 0 atom stereocenters. The predicted molar refractivity (Wildman–Crippen MR) is 92.0 cm³/mol. The zero-order valence-corrected chi connectivity index (χ0v) is 14.2. The molecule has 1 aromatic heterocycles. The Morgan fingerprint density at radius 2 is 2.04 bits per heavy atom. The Kier molecular flexibility index (Phi) is 4.28. The largest absolute Gasteiger partial charge is 0.356 e. The van der Waals surface area contributed by atoms with Crippen molar-refractivity contribution in [3.8, 4) is 0 Å². The van der Waals surface area contributed by atoms with E-state index < -0.39 is 0 Å². The van der Waals surface area contributed by atoms with Crippen LogP contribution in [0.1, 0.15) is 19.8 Å². The molecule has 0 unspecified atom stereocenters. The van der Waals surface area contributed by atoms with E-state index in [1.54, 1.807) is 24.0 Å². The van der Waals surface area contributed by atoms with Crippen molar-refractivity contribution in [3.63, 3.8) is 0 Å². The molecule has 0 bridgehead atoms. The van der Waals surface area contributed by atoms with E-state index in [0.29, 0.717) is 11.2 Å². The highest BCUT2D eigenvalue weighted by Gasteiger charge is 2.37. The predicted octanol–water partition coefficient (Wildman–Crippen LogP) is 0.278. The van der Waals surface area contributed by atoms with Crippen molar-refractivity contribution in [1.82, 2.24) is 19.8 Å². The summed E-state index contributed by atoms with van der Waals surface area (Å²) >= 11 is 0. The molecule has 2 heterocycles. The third-order valence-electron chi connectivity index (χ3n) is 4.87. The van der Waals surface area contributed by atoms with E-state index in [9.17, 15) is 4.79 Å². The summed E-state index contributed by atoms with van der Waals surface area (Å²) in [4.78, 5) is 25.2. The van der Waals surface area contributed by atoms with Crippen LogP contribution in [-0.2, 0) is 7.05 Å². The Hall–Kier alpha value is -2.05. The molecule has 2 fully saturated rings. The first-order chi connectivity index (χ1) is 11.0. The number of aliphatic imine (C=N–C) groups is 1. The van der Waals surface area contributed by atoms with Crippen molar-refractivity contribution in [3.05, 3.63) is 22.7 Å². The summed E-state index contributed by atoms with van der Waals surface area (Å²) in [6, 6.07) is 0. The van der Waals surface area contributed by atoms with Crippen LogP contribution in [0.4, 0.5) is 5.82 Å². The van der Waals surface area contributed by atoms with Crippen molar-refractivity contribution in [2.75, 3.05) is 44.7 Å². The number of nitrogens with one attached hydrogen (secondary N) is 1.